The van der Waals surface area contributed by atoms with E-state index in [1.165, 1.54) is 10.9 Å². The number of hydrogen-bond donors (Lipinski definition) is 2. The van der Waals surface area contributed by atoms with Gasteiger partial charge in [-0.15, -0.1) is 0 Å². The van der Waals surface area contributed by atoms with Gasteiger partial charge < -0.3 is 10.6 Å². The molecule has 35 heavy (non-hydrogen) atoms. The van der Waals surface area contributed by atoms with E-state index < -0.39 is 0 Å². The maximum absolute atomic E-state index is 12.6. The van der Waals surface area contributed by atoms with Crippen LogP contribution in [0.15, 0.2) is 84.2 Å². The third-order valence-corrected chi connectivity index (χ3v) is 5.32. The number of carbonyl (C=O) groups is 1. The van der Waals surface area contributed by atoms with Crippen LogP contribution in [0.25, 0.3) is 16.7 Å². The summed E-state index contributed by atoms with van der Waals surface area (Å²) in [6.07, 6.45) is 5.13. The first kappa shape index (κ1) is 22.0. The maximum atomic E-state index is 12.6. The number of nitrogens with zero attached hydrogens (tertiary/aromatic N) is 6. The van der Waals surface area contributed by atoms with Crippen LogP contribution in [0.1, 0.15) is 12.2 Å². The van der Waals surface area contributed by atoms with Crippen molar-refractivity contribution in [1.29, 1.82) is 0 Å². The zero-order valence-electron chi connectivity index (χ0n) is 18.9. The molecule has 5 rings (SSSR count). The summed E-state index contributed by atoms with van der Waals surface area (Å²) in [5, 5.41) is 10.8. The minimum atomic E-state index is -0.193. The lowest BCUT2D eigenvalue weighted by Crippen LogP contribution is -2.23. The van der Waals surface area contributed by atoms with Gasteiger partial charge in [0.2, 0.25) is 5.91 Å². The molecule has 3 heterocycles. The van der Waals surface area contributed by atoms with Crippen LogP contribution in [0.2, 0.25) is 0 Å². The Morgan fingerprint density at radius 2 is 1.80 bits per heavy atom. The van der Waals surface area contributed by atoms with Crippen LogP contribution in [0.3, 0.4) is 0 Å². The molecule has 5 aromatic rings. The van der Waals surface area contributed by atoms with E-state index in [2.05, 4.69) is 30.7 Å². The Bertz CT molecular complexity index is 1540. The Labute approximate surface area is 200 Å². The van der Waals surface area contributed by atoms with Gasteiger partial charge in [0.15, 0.2) is 5.82 Å². The molecule has 0 aliphatic rings. The molecule has 0 saturated carbocycles. The molecular formula is C25H22N8O2. The monoisotopic (exact) mass is 466 g/mol. The molecule has 0 radical (unpaired) electrons. The fourth-order valence-corrected chi connectivity index (χ4v) is 3.63. The van der Waals surface area contributed by atoms with Crippen LogP contribution < -0.4 is 16.2 Å². The number of rotatable bonds is 7. The Balaban J connectivity index is 1.20. The second-order valence-electron chi connectivity index (χ2n) is 7.87. The fourth-order valence-electron chi connectivity index (χ4n) is 3.63. The molecule has 0 saturated heterocycles. The van der Waals surface area contributed by atoms with Crippen molar-refractivity contribution in [3.63, 3.8) is 0 Å². The number of aromatic nitrogens is 6. The highest BCUT2D eigenvalue weighted by atomic mass is 16.2. The first-order valence-corrected chi connectivity index (χ1v) is 11.0. The number of aryl methyl sites for hydroxylation is 2. The van der Waals surface area contributed by atoms with Crippen LogP contribution in [0.5, 0.6) is 0 Å². The summed E-state index contributed by atoms with van der Waals surface area (Å²) in [6, 6.07) is 18.1. The van der Waals surface area contributed by atoms with Crippen molar-refractivity contribution < 1.29 is 4.79 Å². The SMILES string of the molecule is Cc1nc(Nc2ccc(NC(=O)CCn3cnc4ccccc4c3=O)cc2)cc(-n2cccn2)n1. The average Bonchev–Trinajstić information content (AvgIpc) is 3.40. The minimum absolute atomic E-state index is 0.149. The molecule has 2 N–H and O–H groups in total. The Kier molecular flexibility index (Phi) is 6.00. The lowest BCUT2D eigenvalue weighted by atomic mass is 10.2. The van der Waals surface area contributed by atoms with Gasteiger partial charge in [0.25, 0.3) is 5.56 Å². The molecule has 0 bridgehead atoms. The van der Waals surface area contributed by atoms with Crippen LogP contribution in [0, 0.1) is 6.92 Å². The molecular weight excluding hydrogens is 444 g/mol. The van der Waals surface area contributed by atoms with Crippen molar-refractivity contribution in [1.82, 2.24) is 29.3 Å². The van der Waals surface area contributed by atoms with E-state index in [1.807, 2.05) is 37.4 Å². The average molecular weight is 467 g/mol. The van der Waals surface area contributed by atoms with Crippen LogP contribution in [-0.2, 0) is 11.3 Å². The molecule has 0 unspecified atom stereocenters. The summed E-state index contributed by atoms with van der Waals surface area (Å²) in [7, 11) is 0. The topological polar surface area (TPSA) is 120 Å². The summed E-state index contributed by atoms with van der Waals surface area (Å²) < 4.78 is 3.12. The van der Waals surface area contributed by atoms with E-state index in [-0.39, 0.29) is 24.4 Å². The van der Waals surface area contributed by atoms with Gasteiger partial charge in [-0.05, 0) is 49.4 Å². The molecule has 10 nitrogen and oxygen atoms in total. The van der Waals surface area contributed by atoms with Gasteiger partial charge in [-0.25, -0.2) is 19.6 Å². The number of benzene rings is 2. The molecule has 0 aliphatic heterocycles. The molecule has 2 aromatic carbocycles. The Hall–Kier alpha value is -4.86. The number of anilines is 3. The van der Waals surface area contributed by atoms with Gasteiger partial charge in [0, 0.05) is 42.8 Å². The van der Waals surface area contributed by atoms with E-state index in [0.717, 1.165) is 5.69 Å². The van der Waals surface area contributed by atoms with E-state index in [1.54, 1.807) is 47.3 Å². The number of carbonyl (C=O) groups excluding carboxylic acids is 1. The Morgan fingerprint density at radius 3 is 2.60 bits per heavy atom. The number of fused-ring (bicyclic) bond motifs is 1. The molecule has 3 aromatic heterocycles. The largest absolute Gasteiger partial charge is 0.340 e. The quantitative estimate of drug-likeness (QED) is 0.377. The van der Waals surface area contributed by atoms with Crippen LogP contribution >= 0.6 is 0 Å². The van der Waals surface area contributed by atoms with Crippen molar-refractivity contribution in [3.05, 3.63) is 95.6 Å². The Morgan fingerprint density at radius 1 is 1.00 bits per heavy atom. The summed E-state index contributed by atoms with van der Waals surface area (Å²) in [4.78, 5) is 38.1. The maximum Gasteiger partial charge on any atom is 0.261 e. The molecule has 0 spiro atoms. The summed E-state index contributed by atoms with van der Waals surface area (Å²) >= 11 is 0. The molecule has 10 heteroatoms. The van der Waals surface area contributed by atoms with E-state index in [0.29, 0.717) is 34.1 Å². The highest BCUT2D eigenvalue weighted by molar-refractivity contribution is 5.90. The molecule has 174 valence electrons. The first-order chi connectivity index (χ1) is 17.0. The van der Waals surface area contributed by atoms with Gasteiger partial charge in [0.1, 0.15) is 11.6 Å². The van der Waals surface area contributed by atoms with Crippen LogP contribution in [0.4, 0.5) is 17.2 Å². The third-order valence-electron chi connectivity index (χ3n) is 5.32. The highest BCUT2D eigenvalue weighted by Gasteiger charge is 2.08. The normalized spacial score (nSPS) is 10.9. The van der Waals surface area contributed by atoms with Crippen molar-refractivity contribution in [3.8, 4) is 5.82 Å². The molecule has 0 fully saturated rings. The predicted molar refractivity (Wildman–Crippen MR) is 133 cm³/mol. The van der Waals surface area contributed by atoms with Crippen molar-refractivity contribution in [2.75, 3.05) is 10.6 Å². The molecule has 1 amide bonds. The second kappa shape index (κ2) is 9.56. The number of amides is 1. The van der Waals surface area contributed by atoms with Crippen molar-refractivity contribution in [2.45, 2.75) is 19.9 Å². The summed E-state index contributed by atoms with van der Waals surface area (Å²) in [5.41, 5.74) is 1.94. The highest BCUT2D eigenvalue weighted by Crippen LogP contribution is 2.19. The van der Waals surface area contributed by atoms with E-state index >= 15 is 0 Å². The zero-order chi connectivity index (χ0) is 24.2. The predicted octanol–water partition coefficient (Wildman–Crippen LogP) is 3.45. The lowest BCUT2D eigenvalue weighted by Gasteiger charge is -2.10. The van der Waals surface area contributed by atoms with Gasteiger partial charge in [0.05, 0.1) is 17.2 Å². The van der Waals surface area contributed by atoms with E-state index in [4.69, 9.17) is 0 Å². The minimum Gasteiger partial charge on any atom is -0.340 e. The number of hydrogen-bond acceptors (Lipinski definition) is 7. The summed E-state index contributed by atoms with van der Waals surface area (Å²) in [6.45, 7) is 2.06. The first-order valence-electron chi connectivity index (χ1n) is 11.0. The van der Waals surface area contributed by atoms with Crippen LogP contribution in [-0.4, -0.2) is 35.2 Å². The van der Waals surface area contributed by atoms with E-state index in [9.17, 15) is 9.59 Å². The van der Waals surface area contributed by atoms with Gasteiger partial charge in [-0.1, -0.05) is 12.1 Å². The van der Waals surface area contributed by atoms with Crippen molar-refractivity contribution in [2.24, 2.45) is 0 Å². The summed E-state index contributed by atoms with van der Waals surface area (Å²) in [5.74, 6) is 1.72. The standard InChI is InChI=1S/C25H22N8O2/c1-17-28-22(15-23(29-17)33-13-4-12-27-33)30-18-7-9-19(10-8-18)31-24(34)11-14-32-16-26-21-6-3-2-5-20(21)25(32)35/h2-10,12-13,15-16H,11,14H2,1H3,(H,31,34)(H,28,29,30). The third kappa shape index (κ3) is 5.06. The number of nitrogens with one attached hydrogen (secondary N) is 2. The fraction of sp³-hybridized carbons (Fsp3) is 0.120. The second-order valence-corrected chi connectivity index (χ2v) is 7.87. The lowest BCUT2D eigenvalue weighted by molar-refractivity contribution is -0.116. The van der Waals surface area contributed by atoms with Gasteiger partial charge in [-0.2, -0.15) is 5.10 Å². The van der Waals surface area contributed by atoms with Crippen molar-refractivity contribution >= 4 is 34.0 Å². The van der Waals surface area contributed by atoms with Gasteiger partial charge in [-0.3, -0.25) is 14.2 Å². The zero-order valence-corrected chi connectivity index (χ0v) is 18.9. The van der Waals surface area contributed by atoms with Gasteiger partial charge >= 0.3 is 0 Å². The molecule has 0 aliphatic carbocycles. The molecule has 0 atom stereocenters. The smallest absolute Gasteiger partial charge is 0.261 e. The number of para-hydroxylation sites is 1.